The average molecular weight is 330 g/mol. The van der Waals surface area contributed by atoms with E-state index < -0.39 is 27.3 Å². The first-order valence-electron chi connectivity index (χ1n) is 6.02. The number of halogens is 2. The summed E-state index contributed by atoms with van der Waals surface area (Å²) in [6.07, 6.45) is 0. The van der Waals surface area contributed by atoms with E-state index in [4.69, 9.17) is 16.7 Å². The number of aliphatic hydroxyl groups is 1. The van der Waals surface area contributed by atoms with Crippen molar-refractivity contribution in [2.45, 2.75) is 18.4 Å². The van der Waals surface area contributed by atoms with Crippen molar-refractivity contribution in [3.05, 3.63) is 58.4 Å². The van der Waals surface area contributed by atoms with Gasteiger partial charge in [0, 0.05) is 10.6 Å². The lowest BCUT2D eigenvalue weighted by atomic mass is 10.2. The predicted molar refractivity (Wildman–Crippen MR) is 79.3 cm³/mol. The number of aliphatic hydroxyl groups excluding tert-OH is 1. The van der Waals surface area contributed by atoms with Crippen LogP contribution in [0.15, 0.2) is 41.3 Å². The van der Waals surface area contributed by atoms with Crippen LogP contribution in [0.4, 0.5) is 10.1 Å². The Morgan fingerprint density at radius 1 is 1.29 bits per heavy atom. The molecule has 0 spiro atoms. The molecule has 21 heavy (non-hydrogen) atoms. The lowest BCUT2D eigenvalue weighted by molar-refractivity contribution is 0.274. The molecule has 0 aliphatic rings. The molecule has 0 heterocycles. The van der Waals surface area contributed by atoms with Crippen molar-refractivity contribution < 1.29 is 17.9 Å². The molecule has 112 valence electrons. The second kappa shape index (κ2) is 6.01. The van der Waals surface area contributed by atoms with Gasteiger partial charge < -0.3 is 5.11 Å². The molecule has 2 rings (SSSR count). The summed E-state index contributed by atoms with van der Waals surface area (Å²) < 4.78 is 41.0. The fourth-order valence-corrected chi connectivity index (χ4v) is 3.40. The molecule has 0 amide bonds. The minimum absolute atomic E-state index is 0.0330. The van der Waals surface area contributed by atoms with Crippen LogP contribution in [-0.2, 0) is 16.6 Å². The lowest BCUT2D eigenvalue weighted by Crippen LogP contribution is -2.16. The van der Waals surface area contributed by atoms with Crippen molar-refractivity contribution in [1.82, 2.24) is 0 Å². The SMILES string of the molecule is Cc1ccccc1NS(=O)(=O)c1cc(Cl)cc(CO)c1F. The van der Waals surface area contributed by atoms with Crippen LogP contribution in [0.2, 0.25) is 5.02 Å². The molecular weight excluding hydrogens is 317 g/mol. The van der Waals surface area contributed by atoms with Gasteiger partial charge in [-0.2, -0.15) is 0 Å². The number of aryl methyl sites for hydroxylation is 1. The molecule has 0 saturated carbocycles. The molecule has 0 atom stereocenters. The fourth-order valence-electron chi connectivity index (χ4n) is 1.82. The van der Waals surface area contributed by atoms with Crippen LogP contribution in [0.1, 0.15) is 11.1 Å². The van der Waals surface area contributed by atoms with Crippen molar-refractivity contribution in [2.24, 2.45) is 0 Å². The maximum Gasteiger partial charge on any atom is 0.264 e. The molecular formula is C14H13ClFNO3S. The number of hydrogen-bond acceptors (Lipinski definition) is 3. The van der Waals surface area contributed by atoms with Gasteiger partial charge in [-0.05, 0) is 30.7 Å². The van der Waals surface area contributed by atoms with E-state index in [0.29, 0.717) is 11.3 Å². The van der Waals surface area contributed by atoms with E-state index in [-0.39, 0.29) is 10.6 Å². The molecule has 0 bridgehead atoms. The first-order valence-corrected chi connectivity index (χ1v) is 7.88. The number of benzene rings is 2. The second-order valence-corrected chi connectivity index (χ2v) is 6.54. The van der Waals surface area contributed by atoms with Crippen molar-refractivity contribution >= 4 is 27.3 Å². The topological polar surface area (TPSA) is 66.4 Å². The maximum atomic E-state index is 14.1. The molecule has 7 heteroatoms. The van der Waals surface area contributed by atoms with Gasteiger partial charge in [0.15, 0.2) is 0 Å². The maximum absolute atomic E-state index is 14.1. The van der Waals surface area contributed by atoms with E-state index in [9.17, 15) is 12.8 Å². The normalized spacial score (nSPS) is 11.4. The highest BCUT2D eigenvalue weighted by Gasteiger charge is 2.23. The third-order valence-electron chi connectivity index (χ3n) is 2.93. The molecule has 0 aromatic heterocycles. The third kappa shape index (κ3) is 3.34. The quantitative estimate of drug-likeness (QED) is 0.906. The van der Waals surface area contributed by atoms with Crippen LogP contribution in [0.25, 0.3) is 0 Å². The summed E-state index contributed by atoms with van der Waals surface area (Å²) in [5, 5.41) is 9.09. The summed E-state index contributed by atoms with van der Waals surface area (Å²) >= 11 is 5.77. The van der Waals surface area contributed by atoms with Gasteiger partial charge in [-0.15, -0.1) is 0 Å². The Labute approximate surface area is 127 Å². The first-order chi connectivity index (χ1) is 9.85. The number of para-hydroxylation sites is 1. The highest BCUT2D eigenvalue weighted by Crippen LogP contribution is 2.26. The smallest absolute Gasteiger partial charge is 0.264 e. The summed E-state index contributed by atoms with van der Waals surface area (Å²) in [6, 6.07) is 8.92. The van der Waals surface area contributed by atoms with Crippen molar-refractivity contribution in [3.63, 3.8) is 0 Å². The van der Waals surface area contributed by atoms with Crippen LogP contribution in [0.3, 0.4) is 0 Å². The molecule has 2 N–H and O–H groups in total. The average Bonchev–Trinajstić information content (AvgIpc) is 2.43. The Morgan fingerprint density at radius 3 is 2.57 bits per heavy atom. The van der Waals surface area contributed by atoms with E-state index >= 15 is 0 Å². The molecule has 0 saturated heterocycles. The zero-order valence-electron chi connectivity index (χ0n) is 11.1. The van der Waals surface area contributed by atoms with Gasteiger partial charge in [0.25, 0.3) is 10.0 Å². The number of anilines is 1. The number of rotatable bonds is 4. The van der Waals surface area contributed by atoms with Crippen LogP contribution >= 0.6 is 11.6 Å². The highest BCUT2D eigenvalue weighted by molar-refractivity contribution is 7.92. The standard InChI is InChI=1S/C14H13ClFNO3S/c1-9-4-2-3-5-12(9)17-21(19,20)13-7-11(15)6-10(8-18)14(13)16/h2-7,17-18H,8H2,1H3. The summed E-state index contributed by atoms with van der Waals surface area (Å²) in [4.78, 5) is -0.595. The number of sulfonamides is 1. The van der Waals surface area contributed by atoms with E-state index in [2.05, 4.69) is 4.72 Å². The van der Waals surface area contributed by atoms with E-state index in [0.717, 1.165) is 6.07 Å². The highest BCUT2D eigenvalue weighted by atomic mass is 35.5. The van der Waals surface area contributed by atoms with Crippen LogP contribution in [-0.4, -0.2) is 13.5 Å². The Kier molecular flexibility index (Phi) is 4.51. The van der Waals surface area contributed by atoms with Gasteiger partial charge in [0.2, 0.25) is 0 Å². The van der Waals surface area contributed by atoms with Gasteiger partial charge in [-0.3, -0.25) is 4.72 Å². The molecule has 0 fully saturated rings. The van der Waals surface area contributed by atoms with E-state index in [1.165, 1.54) is 6.07 Å². The molecule has 4 nitrogen and oxygen atoms in total. The van der Waals surface area contributed by atoms with E-state index in [1.807, 2.05) is 0 Å². The monoisotopic (exact) mass is 329 g/mol. The number of hydrogen-bond donors (Lipinski definition) is 2. The zero-order valence-corrected chi connectivity index (χ0v) is 12.7. The minimum atomic E-state index is -4.14. The molecule has 0 radical (unpaired) electrons. The molecule has 0 aliphatic carbocycles. The molecule has 0 aliphatic heterocycles. The van der Waals surface area contributed by atoms with Gasteiger partial charge in [0.1, 0.15) is 10.7 Å². The Balaban J connectivity index is 2.50. The van der Waals surface area contributed by atoms with Gasteiger partial charge in [-0.1, -0.05) is 29.8 Å². The third-order valence-corrected chi connectivity index (χ3v) is 4.51. The molecule has 2 aromatic carbocycles. The Bertz CT molecular complexity index is 778. The Morgan fingerprint density at radius 2 is 1.95 bits per heavy atom. The second-order valence-electron chi connectivity index (χ2n) is 4.46. The van der Waals surface area contributed by atoms with Crippen LogP contribution in [0, 0.1) is 12.7 Å². The van der Waals surface area contributed by atoms with Gasteiger partial charge in [-0.25, -0.2) is 12.8 Å². The summed E-state index contributed by atoms with van der Waals surface area (Å²) in [7, 11) is -4.14. The molecule has 0 unspecified atom stereocenters. The van der Waals surface area contributed by atoms with Crippen LogP contribution < -0.4 is 4.72 Å². The van der Waals surface area contributed by atoms with E-state index in [1.54, 1.807) is 31.2 Å². The summed E-state index contributed by atoms with van der Waals surface area (Å²) in [5.41, 5.74) is 0.876. The van der Waals surface area contributed by atoms with Crippen molar-refractivity contribution in [1.29, 1.82) is 0 Å². The predicted octanol–water partition coefficient (Wildman–Crippen LogP) is 3.08. The van der Waals surface area contributed by atoms with Crippen LogP contribution in [0.5, 0.6) is 0 Å². The Hall–Kier alpha value is -1.63. The lowest BCUT2D eigenvalue weighted by Gasteiger charge is -2.12. The first kappa shape index (κ1) is 15.8. The fraction of sp³-hybridized carbons (Fsp3) is 0.143. The minimum Gasteiger partial charge on any atom is -0.392 e. The van der Waals surface area contributed by atoms with Crippen molar-refractivity contribution in [2.75, 3.05) is 4.72 Å². The largest absolute Gasteiger partial charge is 0.392 e. The number of nitrogens with one attached hydrogen (secondary N) is 1. The zero-order chi connectivity index (χ0) is 15.6. The summed E-state index contributed by atoms with van der Waals surface area (Å²) in [6.45, 7) is 1.09. The molecule has 2 aromatic rings. The van der Waals surface area contributed by atoms with Gasteiger partial charge in [0.05, 0.1) is 12.3 Å². The van der Waals surface area contributed by atoms with Gasteiger partial charge >= 0.3 is 0 Å². The van der Waals surface area contributed by atoms with Crippen molar-refractivity contribution in [3.8, 4) is 0 Å². The summed E-state index contributed by atoms with van der Waals surface area (Å²) in [5.74, 6) is -1.01.